The lowest BCUT2D eigenvalue weighted by molar-refractivity contribution is -0.151. The summed E-state index contributed by atoms with van der Waals surface area (Å²) in [7, 11) is 1.59. The van der Waals surface area contributed by atoms with Crippen LogP contribution in [0.1, 0.15) is 18.4 Å². The summed E-state index contributed by atoms with van der Waals surface area (Å²) in [5.41, 5.74) is 1.56. The summed E-state index contributed by atoms with van der Waals surface area (Å²) in [6.07, 6.45) is 1.21. The van der Waals surface area contributed by atoms with Gasteiger partial charge in [0.15, 0.2) is 0 Å². The van der Waals surface area contributed by atoms with E-state index in [9.17, 15) is 9.59 Å². The molecule has 0 bridgehead atoms. The first-order valence-electron chi connectivity index (χ1n) is 6.24. The van der Waals surface area contributed by atoms with E-state index in [1.54, 1.807) is 13.2 Å². The number of para-hydroxylation sites is 1. The Labute approximate surface area is 111 Å². The third-order valence-electron chi connectivity index (χ3n) is 3.50. The lowest BCUT2D eigenvalue weighted by Gasteiger charge is -2.32. The van der Waals surface area contributed by atoms with E-state index in [-0.39, 0.29) is 5.91 Å². The van der Waals surface area contributed by atoms with Gasteiger partial charge in [-0.15, -0.1) is 0 Å². The van der Waals surface area contributed by atoms with Gasteiger partial charge in [0.1, 0.15) is 0 Å². The molecule has 102 valence electrons. The second-order valence-corrected chi connectivity index (χ2v) is 4.71. The molecule has 2 N–H and O–H groups in total. The van der Waals surface area contributed by atoms with Gasteiger partial charge in [0, 0.05) is 18.4 Å². The molecule has 1 saturated carbocycles. The Morgan fingerprint density at radius 1 is 1.32 bits per heavy atom. The maximum absolute atomic E-state index is 12.1. The van der Waals surface area contributed by atoms with Gasteiger partial charge >= 0.3 is 5.97 Å². The molecule has 2 unspecified atom stereocenters. The van der Waals surface area contributed by atoms with Crippen LogP contribution in [0.5, 0.6) is 0 Å². The van der Waals surface area contributed by atoms with Crippen molar-refractivity contribution in [1.29, 1.82) is 0 Å². The van der Waals surface area contributed by atoms with Crippen molar-refractivity contribution in [2.75, 3.05) is 12.4 Å². The first kappa shape index (κ1) is 13.5. The number of carboxylic acids is 1. The molecule has 1 amide bonds. The van der Waals surface area contributed by atoms with Gasteiger partial charge in [-0.05, 0) is 18.9 Å². The van der Waals surface area contributed by atoms with Crippen LogP contribution in [0.2, 0.25) is 0 Å². The number of anilines is 1. The molecule has 0 aromatic heterocycles. The van der Waals surface area contributed by atoms with Gasteiger partial charge in [-0.25, -0.2) is 0 Å². The number of carboxylic acid groups (broad SMARTS) is 1. The fourth-order valence-corrected chi connectivity index (χ4v) is 2.26. The number of aliphatic carboxylic acids is 1. The fourth-order valence-electron chi connectivity index (χ4n) is 2.26. The van der Waals surface area contributed by atoms with Crippen LogP contribution in [0.15, 0.2) is 24.3 Å². The highest BCUT2D eigenvalue weighted by Gasteiger charge is 2.41. The number of hydrogen-bond donors (Lipinski definition) is 2. The summed E-state index contributed by atoms with van der Waals surface area (Å²) in [5, 5.41) is 11.8. The SMILES string of the molecule is COCc1ccccc1NC(=O)C1CCC1C(=O)O. The average Bonchev–Trinajstić information content (AvgIpc) is 2.29. The van der Waals surface area contributed by atoms with Crippen molar-refractivity contribution in [3.8, 4) is 0 Å². The minimum absolute atomic E-state index is 0.220. The summed E-state index contributed by atoms with van der Waals surface area (Å²) in [4.78, 5) is 23.0. The predicted octanol–water partition coefficient (Wildman–Crippen LogP) is 1.88. The molecular formula is C14H17NO4. The number of nitrogens with one attached hydrogen (secondary N) is 1. The highest BCUT2D eigenvalue weighted by atomic mass is 16.5. The number of carbonyl (C=O) groups is 2. The molecule has 0 aliphatic heterocycles. The average molecular weight is 263 g/mol. The van der Waals surface area contributed by atoms with Gasteiger partial charge in [0.05, 0.1) is 18.4 Å². The minimum atomic E-state index is -0.892. The number of rotatable bonds is 5. The lowest BCUT2D eigenvalue weighted by Crippen LogP contribution is -2.41. The molecule has 5 nitrogen and oxygen atoms in total. The normalized spacial score (nSPS) is 21.5. The van der Waals surface area contributed by atoms with E-state index in [0.29, 0.717) is 25.1 Å². The van der Waals surface area contributed by atoms with Crippen LogP contribution < -0.4 is 5.32 Å². The monoisotopic (exact) mass is 263 g/mol. The van der Waals surface area contributed by atoms with Crippen molar-refractivity contribution in [3.05, 3.63) is 29.8 Å². The Kier molecular flexibility index (Phi) is 4.16. The summed E-state index contributed by atoms with van der Waals surface area (Å²) < 4.78 is 5.06. The van der Waals surface area contributed by atoms with Gasteiger partial charge in [0.25, 0.3) is 0 Å². The molecule has 2 atom stereocenters. The van der Waals surface area contributed by atoms with E-state index < -0.39 is 17.8 Å². The second kappa shape index (κ2) is 5.84. The Balaban J connectivity index is 2.05. The molecule has 0 radical (unpaired) electrons. The summed E-state index contributed by atoms with van der Waals surface area (Å²) in [6.45, 7) is 0.406. The molecule has 5 heteroatoms. The van der Waals surface area contributed by atoms with Gasteiger partial charge < -0.3 is 15.2 Å². The molecule has 1 aliphatic carbocycles. The number of benzene rings is 1. The molecule has 2 rings (SSSR count). The second-order valence-electron chi connectivity index (χ2n) is 4.71. The quantitative estimate of drug-likeness (QED) is 0.850. The largest absolute Gasteiger partial charge is 0.481 e. The smallest absolute Gasteiger partial charge is 0.307 e. The molecule has 0 saturated heterocycles. The van der Waals surface area contributed by atoms with E-state index >= 15 is 0 Å². The van der Waals surface area contributed by atoms with Crippen LogP contribution in [-0.4, -0.2) is 24.1 Å². The maximum atomic E-state index is 12.1. The Hall–Kier alpha value is -1.88. The van der Waals surface area contributed by atoms with Crippen molar-refractivity contribution in [3.63, 3.8) is 0 Å². The highest BCUT2D eigenvalue weighted by Crippen LogP contribution is 2.35. The molecule has 1 aromatic carbocycles. The van der Waals surface area contributed by atoms with Crippen LogP contribution in [0.25, 0.3) is 0 Å². The topological polar surface area (TPSA) is 75.6 Å². The number of methoxy groups -OCH3 is 1. The minimum Gasteiger partial charge on any atom is -0.481 e. The standard InChI is InChI=1S/C14H17NO4/c1-19-8-9-4-2-3-5-12(9)15-13(16)10-6-7-11(10)14(17)18/h2-5,10-11H,6-8H2,1H3,(H,15,16)(H,17,18). The van der Waals surface area contributed by atoms with Crippen LogP contribution >= 0.6 is 0 Å². The van der Waals surface area contributed by atoms with Gasteiger partial charge in [0.2, 0.25) is 5.91 Å². The number of amides is 1. The van der Waals surface area contributed by atoms with Crippen LogP contribution in [-0.2, 0) is 20.9 Å². The maximum Gasteiger partial charge on any atom is 0.307 e. The zero-order valence-electron chi connectivity index (χ0n) is 10.8. The predicted molar refractivity (Wildman–Crippen MR) is 69.6 cm³/mol. The van der Waals surface area contributed by atoms with E-state index in [1.165, 1.54) is 0 Å². The van der Waals surface area contributed by atoms with Gasteiger partial charge in [-0.2, -0.15) is 0 Å². The third-order valence-corrected chi connectivity index (χ3v) is 3.50. The molecule has 1 aromatic rings. The highest BCUT2D eigenvalue weighted by molar-refractivity contribution is 5.96. The lowest BCUT2D eigenvalue weighted by atomic mass is 9.73. The molecular weight excluding hydrogens is 246 g/mol. The van der Waals surface area contributed by atoms with E-state index in [1.807, 2.05) is 18.2 Å². The first-order valence-corrected chi connectivity index (χ1v) is 6.24. The molecule has 1 fully saturated rings. The van der Waals surface area contributed by atoms with Crippen molar-refractivity contribution < 1.29 is 19.4 Å². The van der Waals surface area contributed by atoms with Crippen LogP contribution in [0.4, 0.5) is 5.69 Å². The molecule has 0 spiro atoms. The first-order chi connectivity index (χ1) is 9.13. The third kappa shape index (κ3) is 2.93. The molecule has 0 heterocycles. The number of carbonyl (C=O) groups excluding carboxylic acids is 1. The Morgan fingerprint density at radius 2 is 2.00 bits per heavy atom. The van der Waals surface area contributed by atoms with Crippen molar-refractivity contribution in [2.24, 2.45) is 11.8 Å². The van der Waals surface area contributed by atoms with Crippen LogP contribution in [0, 0.1) is 11.8 Å². The summed E-state index contributed by atoms with van der Waals surface area (Å²) >= 11 is 0. The van der Waals surface area contributed by atoms with Crippen molar-refractivity contribution in [1.82, 2.24) is 0 Å². The van der Waals surface area contributed by atoms with Gasteiger partial charge in [-0.1, -0.05) is 18.2 Å². The molecule has 19 heavy (non-hydrogen) atoms. The Bertz CT molecular complexity index is 486. The molecule has 1 aliphatic rings. The zero-order valence-corrected chi connectivity index (χ0v) is 10.8. The summed E-state index contributed by atoms with van der Waals surface area (Å²) in [6, 6.07) is 7.35. The van der Waals surface area contributed by atoms with E-state index in [4.69, 9.17) is 9.84 Å². The summed E-state index contributed by atoms with van der Waals surface area (Å²) in [5.74, 6) is -2.08. The van der Waals surface area contributed by atoms with E-state index in [0.717, 1.165) is 5.56 Å². The number of ether oxygens (including phenoxy) is 1. The van der Waals surface area contributed by atoms with Crippen molar-refractivity contribution >= 4 is 17.6 Å². The van der Waals surface area contributed by atoms with E-state index in [2.05, 4.69) is 5.32 Å². The van der Waals surface area contributed by atoms with Crippen molar-refractivity contribution in [2.45, 2.75) is 19.4 Å². The fraction of sp³-hybridized carbons (Fsp3) is 0.429. The Morgan fingerprint density at radius 3 is 2.58 bits per heavy atom. The van der Waals surface area contributed by atoms with Crippen LogP contribution in [0.3, 0.4) is 0 Å². The zero-order chi connectivity index (χ0) is 13.8. The van der Waals surface area contributed by atoms with Gasteiger partial charge in [-0.3, -0.25) is 9.59 Å². The number of hydrogen-bond acceptors (Lipinski definition) is 3.